The van der Waals surface area contributed by atoms with Gasteiger partial charge in [0, 0.05) is 18.3 Å². The van der Waals surface area contributed by atoms with Gasteiger partial charge in [0.2, 0.25) is 0 Å². The molecule has 1 saturated heterocycles. The number of piperidine rings is 1. The van der Waals surface area contributed by atoms with Crippen molar-refractivity contribution in [3.63, 3.8) is 0 Å². The van der Waals surface area contributed by atoms with Gasteiger partial charge in [-0.2, -0.15) is 10.4 Å². The maximum Gasteiger partial charge on any atom is 0.142 e. The van der Waals surface area contributed by atoms with Gasteiger partial charge in [0.15, 0.2) is 0 Å². The van der Waals surface area contributed by atoms with Crippen LogP contribution in [0.4, 0.5) is 5.82 Å². The van der Waals surface area contributed by atoms with Gasteiger partial charge in [0.25, 0.3) is 0 Å². The quantitative estimate of drug-likeness (QED) is 0.901. The fraction of sp³-hybridized carbons (Fsp3) is 0.500. The molecule has 3 heterocycles. The lowest BCUT2D eigenvalue weighted by Gasteiger charge is -2.24. The molecule has 2 aromatic rings. The lowest BCUT2D eigenvalue weighted by molar-refractivity contribution is 0.460. The molecule has 6 heteroatoms. The number of pyridine rings is 1. The van der Waals surface area contributed by atoms with E-state index in [1.807, 2.05) is 23.9 Å². The Morgan fingerprint density at radius 3 is 2.83 bits per heavy atom. The normalized spacial score (nSPS) is 15.4. The first-order valence-corrected chi connectivity index (χ1v) is 8.59. The number of nitrogens with one attached hydrogen (secondary N) is 1. The van der Waals surface area contributed by atoms with Crippen molar-refractivity contribution < 1.29 is 0 Å². The highest BCUT2D eigenvalue weighted by Crippen LogP contribution is 2.33. The van der Waals surface area contributed by atoms with E-state index in [2.05, 4.69) is 28.4 Å². The smallest absolute Gasteiger partial charge is 0.142 e. The molecule has 0 aromatic carbocycles. The largest absolute Gasteiger partial charge is 0.383 e. The molecular formula is C18H24N6. The van der Waals surface area contributed by atoms with Crippen molar-refractivity contribution in [3.8, 4) is 17.3 Å². The number of nitrogens with zero attached hydrogens (tertiary/aromatic N) is 4. The summed E-state index contributed by atoms with van der Waals surface area (Å²) in [7, 11) is 0. The average molecular weight is 324 g/mol. The topological polar surface area (TPSA) is 92.5 Å². The maximum absolute atomic E-state index is 9.52. The van der Waals surface area contributed by atoms with Crippen LogP contribution in [-0.4, -0.2) is 27.9 Å². The summed E-state index contributed by atoms with van der Waals surface area (Å²) in [4.78, 5) is 4.49. The van der Waals surface area contributed by atoms with Crippen LogP contribution in [0.5, 0.6) is 0 Å². The van der Waals surface area contributed by atoms with Crippen LogP contribution in [0.1, 0.15) is 48.9 Å². The molecule has 0 aliphatic carbocycles. The van der Waals surface area contributed by atoms with Crippen molar-refractivity contribution in [2.45, 2.75) is 45.6 Å². The van der Waals surface area contributed by atoms with Crippen LogP contribution in [0.25, 0.3) is 11.3 Å². The summed E-state index contributed by atoms with van der Waals surface area (Å²) >= 11 is 0. The monoisotopic (exact) mass is 324 g/mol. The number of nitrogens with two attached hydrogens (primary N) is 1. The molecule has 2 aromatic heterocycles. The third kappa shape index (κ3) is 3.13. The number of aryl methyl sites for hydroxylation is 2. The summed E-state index contributed by atoms with van der Waals surface area (Å²) in [5, 5.41) is 17.4. The summed E-state index contributed by atoms with van der Waals surface area (Å²) in [5.41, 5.74) is 10.4. The van der Waals surface area contributed by atoms with Crippen LogP contribution in [0, 0.1) is 18.3 Å². The highest BCUT2D eigenvalue weighted by atomic mass is 15.3. The van der Waals surface area contributed by atoms with Gasteiger partial charge in [-0.05, 0) is 56.8 Å². The van der Waals surface area contributed by atoms with Crippen molar-refractivity contribution >= 4 is 5.82 Å². The van der Waals surface area contributed by atoms with E-state index in [1.165, 1.54) is 0 Å². The minimum Gasteiger partial charge on any atom is -0.383 e. The third-order valence-electron chi connectivity index (χ3n) is 4.64. The summed E-state index contributed by atoms with van der Waals surface area (Å²) in [6.45, 7) is 6.94. The van der Waals surface area contributed by atoms with Crippen LogP contribution in [0.15, 0.2) is 12.3 Å². The Morgan fingerprint density at radius 1 is 1.42 bits per heavy atom. The lowest BCUT2D eigenvalue weighted by atomic mass is 9.87. The molecule has 0 bridgehead atoms. The van der Waals surface area contributed by atoms with Crippen LogP contribution in [0.2, 0.25) is 0 Å². The summed E-state index contributed by atoms with van der Waals surface area (Å²) in [5.74, 6) is 0.683. The number of hydrogen-bond donors (Lipinski definition) is 2. The van der Waals surface area contributed by atoms with Crippen molar-refractivity contribution in [3.05, 3.63) is 29.1 Å². The predicted octanol–water partition coefficient (Wildman–Crippen LogP) is 2.58. The third-order valence-corrected chi connectivity index (χ3v) is 4.64. The molecule has 3 N–H and O–H groups in total. The molecule has 0 atom stereocenters. The fourth-order valence-corrected chi connectivity index (χ4v) is 3.41. The summed E-state index contributed by atoms with van der Waals surface area (Å²) in [6, 6.07) is 4.30. The Morgan fingerprint density at radius 2 is 2.17 bits per heavy atom. The molecular weight excluding hydrogens is 300 g/mol. The van der Waals surface area contributed by atoms with Gasteiger partial charge < -0.3 is 11.1 Å². The standard InChI is InChI=1S/C18H24N6/c1-3-8-24-11-16(12(2)23-24)17-9-14(13-4-6-21-7-5-13)15(10-19)18(20)22-17/h9,11,13,21H,3-8H2,1-2H3,(H2,20,22). The van der Waals surface area contributed by atoms with Gasteiger partial charge >= 0.3 is 0 Å². The molecule has 0 spiro atoms. The Balaban J connectivity index is 2.06. The summed E-state index contributed by atoms with van der Waals surface area (Å²) in [6.07, 6.45) is 5.10. The Kier molecular flexibility index (Phi) is 4.81. The molecule has 3 rings (SSSR count). The number of nitriles is 1. The fourth-order valence-electron chi connectivity index (χ4n) is 3.41. The molecule has 1 aliphatic rings. The van der Waals surface area contributed by atoms with E-state index in [0.29, 0.717) is 17.3 Å². The number of aromatic nitrogens is 3. The van der Waals surface area contributed by atoms with Gasteiger partial charge in [-0.3, -0.25) is 4.68 Å². The number of hydrogen-bond acceptors (Lipinski definition) is 5. The molecule has 0 unspecified atom stereocenters. The molecule has 24 heavy (non-hydrogen) atoms. The predicted molar refractivity (Wildman–Crippen MR) is 94.5 cm³/mol. The van der Waals surface area contributed by atoms with Crippen LogP contribution in [-0.2, 0) is 6.54 Å². The van der Waals surface area contributed by atoms with E-state index in [1.54, 1.807) is 0 Å². The van der Waals surface area contributed by atoms with Gasteiger partial charge in [-0.1, -0.05) is 6.92 Å². The Hall–Kier alpha value is -2.39. The van der Waals surface area contributed by atoms with Crippen LogP contribution >= 0.6 is 0 Å². The number of anilines is 1. The molecule has 0 radical (unpaired) electrons. The zero-order chi connectivity index (χ0) is 17.1. The number of rotatable bonds is 4. The highest BCUT2D eigenvalue weighted by molar-refractivity contribution is 5.68. The molecule has 1 fully saturated rings. The van der Waals surface area contributed by atoms with Crippen LogP contribution in [0.3, 0.4) is 0 Å². The van der Waals surface area contributed by atoms with E-state index >= 15 is 0 Å². The first-order valence-electron chi connectivity index (χ1n) is 8.59. The second-order valence-electron chi connectivity index (χ2n) is 6.38. The molecule has 126 valence electrons. The highest BCUT2D eigenvalue weighted by Gasteiger charge is 2.22. The van der Waals surface area contributed by atoms with Gasteiger partial charge in [-0.25, -0.2) is 4.98 Å². The van der Waals surface area contributed by atoms with Crippen molar-refractivity contribution in [2.75, 3.05) is 18.8 Å². The van der Waals surface area contributed by atoms with E-state index in [-0.39, 0.29) is 0 Å². The lowest BCUT2D eigenvalue weighted by Crippen LogP contribution is -2.27. The first-order chi connectivity index (χ1) is 11.6. The minimum absolute atomic E-state index is 0.325. The number of nitrogen functional groups attached to an aromatic ring is 1. The first kappa shape index (κ1) is 16.5. The molecule has 0 saturated carbocycles. The minimum atomic E-state index is 0.325. The zero-order valence-corrected chi connectivity index (χ0v) is 14.3. The molecule has 1 aliphatic heterocycles. The van der Waals surface area contributed by atoms with Crippen molar-refractivity contribution in [1.82, 2.24) is 20.1 Å². The second-order valence-corrected chi connectivity index (χ2v) is 6.38. The second kappa shape index (κ2) is 7.02. The van der Waals surface area contributed by atoms with E-state index in [9.17, 15) is 5.26 Å². The SMILES string of the molecule is CCCn1cc(-c2cc(C3CCNCC3)c(C#N)c(N)n2)c(C)n1. The molecule has 6 nitrogen and oxygen atoms in total. The average Bonchev–Trinajstić information content (AvgIpc) is 2.96. The summed E-state index contributed by atoms with van der Waals surface area (Å²) < 4.78 is 1.95. The van der Waals surface area contributed by atoms with Gasteiger partial charge in [0.1, 0.15) is 11.9 Å². The Bertz CT molecular complexity index is 765. The zero-order valence-electron chi connectivity index (χ0n) is 14.3. The maximum atomic E-state index is 9.52. The van der Waals surface area contributed by atoms with Crippen LogP contribution < -0.4 is 11.1 Å². The van der Waals surface area contributed by atoms with E-state index in [0.717, 1.165) is 61.4 Å². The van der Waals surface area contributed by atoms with Crippen molar-refractivity contribution in [1.29, 1.82) is 5.26 Å². The Labute approximate surface area is 142 Å². The van der Waals surface area contributed by atoms with Gasteiger partial charge in [0.05, 0.1) is 17.0 Å². The molecule has 0 amide bonds. The van der Waals surface area contributed by atoms with E-state index < -0.39 is 0 Å². The van der Waals surface area contributed by atoms with Crippen molar-refractivity contribution in [2.24, 2.45) is 0 Å². The van der Waals surface area contributed by atoms with Gasteiger partial charge in [-0.15, -0.1) is 0 Å². The van der Waals surface area contributed by atoms with E-state index in [4.69, 9.17) is 5.73 Å².